The van der Waals surface area contributed by atoms with Crippen molar-refractivity contribution in [3.05, 3.63) is 83.5 Å². The summed E-state index contributed by atoms with van der Waals surface area (Å²) in [4.78, 5) is 25.6. The maximum Gasteiger partial charge on any atom is 0.346 e. The Morgan fingerprint density at radius 3 is 2.57 bits per heavy atom. The lowest BCUT2D eigenvalue weighted by atomic mass is 9.98. The molecule has 6 rings (SSSR count). The number of nitrogens with zero attached hydrogens (tertiary/aromatic N) is 2. The van der Waals surface area contributed by atoms with E-state index < -0.39 is 0 Å². The first-order chi connectivity index (χ1) is 13.8. The van der Waals surface area contributed by atoms with Crippen LogP contribution in [0.4, 0.5) is 0 Å². The van der Waals surface area contributed by atoms with Gasteiger partial charge < -0.3 is 9.40 Å². The van der Waals surface area contributed by atoms with Gasteiger partial charge in [-0.2, -0.15) is 0 Å². The average Bonchev–Trinajstić information content (AvgIpc) is 3.22. The SMILES string of the molecule is O=c1oc2ccccc2c2[nH]c3c(ccc4ccnc43)c(-c3ccccn3)c12. The van der Waals surface area contributed by atoms with E-state index in [0.717, 1.165) is 44.0 Å². The van der Waals surface area contributed by atoms with Crippen molar-refractivity contribution in [1.82, 2.24) is 15.0 Å². The molecule has 5 nitrogen and oxygen atoms in total. The van der Waals surface area contributed by atoms with Crippen LogP contribution in [0.25, 0.3) is 54.9 Å². The van der Waals surface area contributed by atoms with Crippen LogP contribution in [0.2, 0.25) is 0 Å². The van der Waals surface area contributed by atoms with Crippen molar-refractivity contribution < 1.29 is 4.42 Å². The molecule has 0 atom stereocenters. The normalized spacial score (nSPS) is 11.7. The van der Waals surface area contributed by atoms with Crippen molar-refractivity contribution in [2.75, 3.05) is 0 Å². The largest absolute Gasteiger partial charge is 0.422 e. The van der Waals surface area contributed by atoms with Crippen molar-refractivity contribution in [2.45, 2.75) is 0 Å². The summed E-state index contributed by atoms with van der Waals surface area (Å²) in [6.07, 6.45) is 3.52. The molecule has 0 saturated heterocycles. The number of benzene rings is 2. The summed E-state index contributed by atoms with van der Waals surface area (Å²) in [5.74, 6) is 0. The molecule has 0 radical (unpaired) electrons. The highest BCUT2D eigenvalue weighted by Crippen LogP contribution is 2.37. The van der Waals surface area contributed by atoms with Gasteiger partial charge in [0.2, 0.25) is 0 Å². The third-order valence-corrected chi connectivity index (χ3v) is 5.17. The molecule has 28 heavy (non-hydrogen) atoms. The summed E-state index contributed by atoms with van der Waals surface area (Å²) in [6.45, 7) is 0. The minimum atomic E-state index is -0.386. The summed E-state index contributed by atoms with van der Waals surface area (Å²) in [5, 5.41) is 3.28. The summed E-state index contributed by atoms with van der Waals surface area (Å²) in [7, 11) is 0. The van der Waals surface area contributed by atoms with E-state index in [9.17, 15) is 4.79 Å². The minimum absolute atomic E-state index is 0.386. The molecule has 6 aromatic rings. The van der Waals surface area contributed by atoms with Gasteiger partial charge in [0, 0.05) is 34.1 Å². The molecular weight excluding hydrogens is 350 g/mol. The molecule has 0 spiro atoms. The fraction of sp³-hybridized carbons (Fsp3) is 0. The van der Waals surface area contributed by atoms with Crippen LogP contribution in [0.15, 0.2) is 82.3 Å². The molecule has 5 heteroatoms. The molecule has 0 aliphatic carbocycles. The molecule has 0 amide bonds. The number of rotatable bonds is 1. The molecule has 0 fully saturated rings. The molecule has 0 saturated carbocycles. The van der Waals surface area contributed by atoms with Crippen LogP contribution >= 0.6 is 0 Å². The van der Waals surface area contributed by atoms with Crippen LogP contribution in [0.1, 0.15) is 0 Å². The Labute approximate surface area is 158 Å². The van der Waals surface area contributed by atoms with E-state index in [1.165, 1.54) is 0 Å². The van der Waals surface area contributed by atoms with Crippen LogP contribution in [0.3, 0.4) is 0 Å². The fourth-order valence-electron chi connectivity index (χ4n) is 3.95. The van der Waals surface area contributed by atoms with Gasteiger partial charge in [-0.1, -0.05) is 30.3 Å². The zero-order valence-corrected chi connectivity index (χ0v) is 14.6. The lowest BCUT2D eigenvalue weighted by molar-refractivity contribution is 0.569. The van der Waals surface area contributed by atoms with Crippen molar-refractivity contribution in [1.29, 1.82) is 0 Å². The summed E-state index contributed by atoms with van der Waals surface area (Å²) >= 11 is 0. The molecule has 4 aromatic heterocycles. The van der Waals surface area contributed by atoms with E-state index in [-0.39, 0.29) is 5.63 Å². The van der Waals surface area contributed by atoms with Crippen LogP contribution in [0, 0.1) is 0 Å². The number of pyridine rings is 2. The number of fused-ring (bicyclic) bond motifs is 6. The second-order valence-corrected chi connectivity index (χ2v) is 6.72. The Balaban J connectivity index is 1.97. The molecule has 1 N–H and O–H groups in total. The van der Waals surface area contributed by atoms with Gasteiger partial charge in [0.15, 0.2) is 0 Å². The third kappa shape index (κ3) is 1.98. The second kappa shape index (κ2) is 5.50. The van der Waals surface area contributed by atoms with Crippen LogP contribution in [0.5, 0.6) is 0 Å². The maximum atomic E-state index is 13.0. The van der Waals surface area contributed by atoms with E-state index in [1.54, 1.807) is 18.5 Å². The molecular formula is C23H13N3O2. The van der Waals surface area contributed by atoms with E-state index in [4.69, 9.17) is 4.42 Å². The number of aromatic nitrogens is 3. The first kappa shape index (κ1) is 15.1. The maximum absolute atomic E-state index is 13.0. The molecule has 0 bridgehead atoms. The number of para-hydroxylation sites is 1. The van der Waals surface area contributed by atoms with Gasteiger partial charge in [-0.15, -0.1) is 0 Å². The van der Waals surface area contributed by atoms with E-state index in [0.29, 0.717) is 11.0 Å². The van der Waals surface area contributed by atoms with Gasteiger partial charge in [0.1, 0.15) is 5.58 Å². The third-order valence-electron chi connectivity index (χ3n) is 5.17. The number of aromatic amines is 1. The van der Waals surface area contributed by atoms with Gasteiger partial charge >= 0.3 is 5.63 Å². The van der Waals surface area contributed by atoms with Crippen molar-refractivity contribution >= 4 is 43.7 Å². The molecule has 0 aliphatic rings. The van der Waals surface area contributed by atoms with Crippen molar-refractivity contribution in [2.24, 2.45) is 0 Å². The topological polar surface area (TPSA) is 71.8 Å². The summed E-state index contributed by atoms with van der Waals surface area (Å²) < 4.78 is 5.64. The fourth-order valence-corrected chi connectivity index (χ4v) is 3.95. The first-order valence-corrected chi connectivity index (χ1v) is 8.97. The van der Waals surface area contributed by atoms with Crippen LogP contribution < -0.4 is 5.63 Å². The second-order valence-electron chi connectivity index (χ2n) is 6.72. The minimum Gasteiger partial charge on any atom is -0.422 e. The highest BCUT2D eigenvalue weighted by molar-refractivity contribution is 6.19. The molecule has 4 heterocycles. The monoisotopic (exact) mass is 363 g/mol. The molecule has 2 aromatic carbocycles. The Morgan fingerprint density at radius 2 is 1.68 bits per heavy atom. The zero-order chi connectivity index (χ0) is 18.7. The predicted octanol–water partition coefficient (Wildman–Crippen LogP) is 5.04. The molecule has 0 unspecified atom stereocenters. The highest BCUT2D eigenvalue weighted by Gasteiger charge is 2.19. The summed E-state index contributed by atoms with van der Waals surface area (Å²) in [5.41, 5.74) is 4.12. The lowest BCUT2D eigenvalue weighted by Crippen LogP contribution is -2.05. The van der Waals surface area contributed by atoms with Crippen molar-refractivity contribution in [3.8, 4) is 11.3 Å². The van der Waals surface area contributed by atoms with Gasteiger partial charge in [0.05, 0.1) is 27.6 Å². The Hall–Kier alpha value is -3.99. The molecule has 132 valence electrons. The highest BCUT2D eigenvalue weighted by atomic mass is 16.4. The standard InChI is InChI=1S/C23H13N3O2/c27-23-19-18(16-6-3-4-11-24-16)15-9-8-13-10-12-25-20(13)22(15)26-21(19)14-5-1-2-7-17(14)28-23/h1-12,26H. The van der Waals surface area contributed by atoms with Crippen LogP contribution in [-0.4, -0.2) is 15.0 Å². The van der Waals surface area contributed by atoms with Crippen LogP contribution in [-0.2, 0) is 0 Å². The smallest absolute Gasteiger partial charge is 0.346 e. The van der Waals surface area contributed by atoms with Gasteiger partial charge in [-0.25, -0.2) is 4.79 Å². The predicted molar refractivity (Wildman–Crippen MR) is 110 cm³/mol. The van der Waals surface area contributed by atoms with E-state index in [1.807, 2.05) is 54.6 Å². The Bertz CT molecular complexity index is 1580. The van der Waals surface area contributed by atoms with Crippen molar-refractivity contribution in [3.63, 3.8) is 0 Å². The first-order valence-electron chi connectivity index (χ1n) is 8.97. The summed E-state index contributed by atoms with van der Waals surface area (Å²) in [6, 6.07) is 19.2. The van der Waals surface area contributed by atoms with E-state index in [2.05, 4.69) is 15.0 Å². The Morgan fingerprint density at radius 1 is 0.786 bits per heavy atom. The van der Waals surface area contributed by atoms with E-state index >= 15 is 0 Å². The number of nitrogens with one attached hydrogen (secondary N) is 1. The van der Waals surface area contributed by atoms with Gasteiger partial charge in [-0.3, -0.25) is 9.97 Å². The number of H-pyrrole nitrogens is 1. The van der Waals surface area contributed by atoms with Gasteiger partial charge in [0.25, 0.3) is 0 Å². The zero-order valence-electron chi connectivity index (χ0n) is 14.6. The number of hydrogen-bond acceptors (Lipinski definition) is 4. The quantitative estimate of drug-likeness (QED) is 0.252. The lowest BCUT2D eigenvalue weighted by Gasteiger charge is -2.12. The molecule has 0 aliphatic heterocycles. The average molecular weight is 363 g/mol. The van der Waals surface area contributed by atoms with Gasteiger partial charge in [-0.05, 0) is 30.3 Å². The Kier molecular flexibility index (Phi) is 2.97. The number of hydrogen-bond donors (Lipinski definition) is 1.